The van der Waals surface area contributed by atoms with Crippen molar-refractivity contribution in [2.24, 2.45) is 5.92 Å². The number of carbonyl (C=O) groups excluding carboxylic acids is 1. The second-order valence-electron chi connectivity index (χ2n) is 7.32. The fourth-order valence-corrected chi connectivity index (χ4v) is 5.52. The molecule has 0 N–H and O–H groups in total. The Hall–Kier alpha value is -1.60. The van der Waals surface area contributed by atoms with E-state index in [1.807, 2.05) is 16.8 Å². The number of rotatable bonds is 4. The number of hydrogen-bond acceptors (Lipinski definition) is 5. The number of hydrogen-bond donors (Lipinski definition) is 0. The number of aromatic nitrogens is 1. The number of thioether (sulfide) groups is 1. The molecule has 0 radical (unpaired) electrons. The van der Waals surface area contributed by atoms with Gasteiger partial charge in [0.05, 0.1) is 4.91 Å². The number of unbranched alkanes of at least 4 members (excludes halogenated alkanes) is 1. The standard InChI is InChI=1S/C19H23N3O2S2/c1-2-3-7-21-18(24)16(26-19(21)25)12-20-9-13-8-14(11-20)15-5-4-6-17(23)22(15)10-13/h4-6,12-14H,2-3,7-11H2,1H3/b16-12-/t13-,14+/m1/s1. The smallest absolute Gasteiger partial charge is 0.267 e. The van der Waals surface area contributed by atoms with Gasteiger partial charge in [-0.25, -0.2) is 0 Å². The lowest BCUT2D eigenvalue weighted by Crippen LogP contribution is -2.45. The average Bonchev–Trinajstić information content (AvgIpc) is 2.87. The van der Waals surface area contributed by atoms with Gasteiger partial charge in [0, 0.05) is 50.1 Å². The van der Waals surface area contributed by atoms with E-state index in [1.54, 1.807) is 11.0 Å². The summed E-state index contributed by atoms with van der Waals surface area (Å²) in [4.78, 5) is 29.5. The molecule has 26 heavy (non-hydrogen) atoms. The molecular weight excluding hydrogens is 366 g/mol. The molecule has 7 heteroatoms. The fraction of sp³-hybridized carbons (Fsp3) is 0.526. The Labute approximate surface area is 163 Å². The van der Waals surface area contributed by atoms with Crippen molar-refractivity contribution in [3.05, 3.63) is 45.4 Å². The third kappa shape index (κ3) is 3.22. The number of pyridine rings is 1. The highest BCUT2D eigenvalue weighted by Gasteiger charge is 2.36. The second kappa shape index (κ2) is 7.19. The van der Waals surface area contributed by atoms with E-state index in [0.717, 1.165) is 49.5 Å². The molecule has 0 unspecified atom stereocenters. The van der Waals surface area contributed by atoms with Crippen molar-refractivity contribution >= 4 is 34.2 Å². The Morgan fingerprint density at radius 3 is 2.92 bits per heavy atom. The first-order chi connectivity index (χ1) is 12.6. The highest BCUT2D eigenvalue weighted by Crippen LogP contribution is 2.37. The van der Waals surface area contributed by atoms with Crippen LogP contribution in [0, 0.1) is 5.92 Å². The van der Waals surface area contributed by atoms with Gasteiger partial charge >= 0.3 is 0 Å². The van der Waals surface area contributed by atoms with E-state index >= 15 is 0 Å². The van der Waals surface area contributed by atoms with Gasteiger partial charge in [-0.3, -0.25) is 14.5 Å². The van der Waals surface area contributed by atoms with Crippen LogP contribution in [-0.4, -0.2) is 44.2 Å². The number of nitrogens with zero attached hydrogens (tertiary/aromatic N) is 3. The molecule has 2 saturated heterocycles. The molecule has 0 spiro atoms. The molecule has 2 atom stereocenters. The molecule has 2 fully saturated rings. The maximum atomic E-state index is 12.7. The monoisotopic (exact) mass is 389 g/mol. The molecular formula is C19H23N3O2S2. The number of piperidine rings is 1. The van der Waals surface area contributed by atoms with E-state index in [1.165, 1.54) is 11.8 Å². The number of carbonyl (C=O) groups is 1. The Bertz CT molecular complexity index is 832. The van der Waals surface area contributed by atoms with Crippen LogP contribution in [0.25, 0.3) is 0 Å². The summed E-state index contributed by atoms with van der Waals surface area (Å²) in [6, 6.07) is 5.56. The van der Waals surface area contributed by atoms with Crippen LogP contribution in [0.4, 0.5) is 0 Å². The summed E-state index contributed by atoms with van der Waals surface area (Å²) in [5.41, 5.74) is 1.23. The Balaban J connectivity index is 1.53. The molecule has 4 heterocycles. The van der Waals surface area contributed by atoms with Crippen molar-refractivity contribution < 1.29 is 4.79 Å². The third-order valence-corrected chi connectivity index (χ3v) is 6.78. The van der Waals surface area contributed by atoms with Gasteiger partial charge in [0.15, 0.2) is 0 Å². The van der Waals surface area contributed by atoms with Gasteiger partial charge in [-0.05, 0) is 24.8 Å². The Kier molecular flexibility index (Phi) is 4.92. The summed E-state index contributed by atoms with van der Waals surface area (Å²) >= 11 is 6.81. The number of likely N-dealkylation sites (tertiary alicyclic amines) is 1. The molecule has 5 nitrogen and oxygen atoms in total. The minimum Gasteiger partial charge on any atom is -0.375 e. The average molecular weight is 390 g/mol. The lowest BCUT2D eigenvalue weighted by atomic mass is 9.83. The van der Waals surface area contributed by atoms with Crippen LogP contribution in [0.1, 0.15) is 37.8 Å². The van der Waals surface area contributed by atoms with Crippen LogP contribution < -0.4 is 5.56 Å². The Morgan fingerprint density at radius 1 is 1.27 bits per heavy atom. The summed E-state index contributed by atoms with van der Waals surface area (Å²) in [7, 11) is 0. The van der Waals surface area contributed by atoms with Crippen molar-refractivity contribution in [1.82, 2.24) is 14.4 Å². The quantitative estimate of drug-likeness (QED) is 0.585. The second-order valence-corrected chi connectivity index (χ2v) is 9.00. The molecule has 1 aromatic heterocycles. The van der Waals surface area contributed by atoms with Crippen LogP contribution in [-0.2, 0) is 11.3 Å². The van der Waals surface area contributed by atoms with E-state index in [9.17, 15) is 9.59 Å². The van der Waals surface area contributed by atoms with Crippen molar-refractivity contribution in [2.45, 2.75) is 38.6 Å². The van der Waals surface area contributed by atoms with Gasteiger partial charge in [-0.1, -0.05) is 43.4 Å². The van der Waals surface area contributed by atoms with Gasteiger partial charge in [-0.15, -0.1) is 0 Å². The summed E-state index contributed by atoms with van der Waals surface area (Å²) in [6.45, 7) is 5.33. The third-order valence-electron chi connectivity index (χ3n) is 5.42. The molecule has 3 aliphatic rings. The van der Waals surface area contributed by atoms with E-state index in [2.05, 4.69) is 17.9 Å². The predicted molar refractivity (Wildman–Crippen MR) is 108 cm³/mol. The van der Waals surface area contributed by atoms with E-state index in [-0.39, 0.29) is 11.5 Å². The van der Waals surface area contributed by atoms with Gasteiger partial charge in [0.25, 0.3) is 11.5 Å². The van der Waals surface area contributed by atoms with Crippen LogP contribution in [0.3, 0.4) is 0 Å². The largest absolute Gasteiger partial charge is 0.375 e. The maximum absolute atomic E-state index is 12.7. The highest BCUT2D eigenvalue weighted by molar-refractivity contribution is 8.26. The van der Waals surface area contributed by atoms with Gasteiger partial charge in [0.2, 0.25) is 0 Å². The molecule has 4 rings (SSSR count). The molecule has 1 amide bonds. The molecule has 0 aliphatic carbocycles. The number of amides is 1. The normalized spacial score (nSPS) is 26.6. The number of thiocarbonyl (C=S) groups is 1. The minimum atomic E-state index is 0.0424. The first-order valence-corrected chi connectivity index (χ1v) is 10.5. The zero-order valence-electron chi connectivity index (χ0n) is 14.9. The van der Waals surface area contributed by atoms with Crippen molar-refractivity contribution in [1.29, 1.82) is 0 Å². The summed E-state index contributed by atoms with van der Waals surface area (Å²) in [5, 5.41) is 0. The van der Waals surface area contributed by atoms with Crippen LogP contribution in [0.2, 0.25) is 0 Å². The molecule has 0 aromatic carbocycles. The number of fused-ring (bicyclic) bond motifs is 4. The highest BCUT2D eigenvalue weighted by atomic mass is 32.2. The first-order valence-electron chi connectivity index (χ1n) is 9.26. The maximum Gasteiger partial charge on any atom is 0.267 e. The lowest BCUT2D eigenvalue weighted by molar-refractivity contribution is -0.122. The minimum absolute atomic E-state index is 0.0424. The van der Waals surface area contributed by atoms with Crippen LogP contribution >= 0.6 is 24.0 Å². The molecule has 0 saturated carbocycles. The topological polar surface area (TPSA) is 45.6 Å². The zero-order chi connectivity index (χ0) is 18.3. The van der Waals surface area contributed by atoms with Crippen molar-refractivity contribution in [3.63, 3.8) is 0 Å². The van der Waals surface area contributed by atoms with E-state index in [4.69, 9.17) is 12.2 Å². The van der Waals surface area contributed by atoms with Gasteiger partial charge in [-0.2, -0.15) is 0 Å². The fourth-order valence-electron chi connectivity index (χ4n) is 4.20. The van der Waals surface area contributed by atoms with Crippen LogP contribution in [0.5, 0.6) is 0 Å². The molecule has 3 aliphatic heterocycles. The van der Waals surface area contributed by atoms with E-state index in [0.29, 0.717) is 22.7 Å². The van der Waals surface area contributed by atoms with Crippen molar-refractivity contribution in [3.8, 4) is 0 Å². The summed E-state index contributed by atoms with van der Waals surface area (Å²) < 4.78 is 2.60. The lowest BCUT2D eigenvalue weighted by Gasteiger charge is -2.42. The predicted octanol–water partition coefficient (Wildman–Crippen LogP) is 2.77. The molecule has 2 bridgehead atoms. The molecule has 138 valence electrons. The SMILES string of the molecule is CCCCN1C(=O)/C(=C/N2C[C@H]3C[C@@H](C2)c2cccc(=O)n2C3)SC1=S. The summed E-state index contributed by atoms with van der Waals surface area (Å²) in [5.74, 6) is 0.835. The Morgan fingerprint density at radius 2 is 2.12 bits per heavy atom. The van der Waals surface area contributed by atoms with Crippen molar-refractivity contribution in [2.75, 3.05) is 19.6 Å². The van der Waals surface area contributed by atoms with Crippen LogP contribution in [0.15, 0.2) is 34.1 Å². The van der Waals surface area contributed by atoms with Gasteiger partial charge < -0.3 is 9.47 Å². The zero-order valence-corrected chi connectivity index (χ0v) is 16.5. The molecule has 1 aromatic rings. The summed E-state index contributed by atoms with van der Waals surface area (Å²) in [6.07, 6.45) is 5.13. The van der Waals surface area contributed by atoms with Gasteiger partial charge in [0.1, 0.15) is 4.32 Å². The first kappa shape index (κ1) is 17.8. The van der Waals surface area contributed by atoms with E-state index < -0.39 is 0 Å².